The van der Waals surface area contributed by atoms with Crippen molar-refractivity contribution in [1.29, 1.82) is 0 Å². The number of methoxy groups -OCH3 is 1. The number of rotatable bonds is 4. The van der Waals surface area contributed by atoms with Gasteiger partial charge in [0.25, 0.3) is 11.6 Å². The molecule has 1 aromatic heterocycles. The molecule has 1 heterocycles. The maximum atomic E-state index is 12.5. The highest BCUT2D eigenvalue weighted by molar-refractivity contribution is 9.10. The smallest absolute Gasteiger partial charge is 0.325 e. The molecule has 3 aromatic rings. The van der Waals surface area contributed by atoms with Crippen LogP contribution in [0.15, 0.2) is 51.9 Å². The number of aromatic nitrogens is 1. The van der Waals surface area contributed by atoms with Crippen molar-refractivity contribution in [3.63, 3.8) is 0 Å². The highest BCUT2D eigenvalue weighted by atomic mass is 79.9. The molecule has 0 aliphatic heterocycles. The molecule has 2 aromatic carbocycles. The Labute approximate surface area is 165 Å². The van der Waals surface area contributed by atoms with Gasteiger partial charge in [-0.25, -0.2) is 0 Å². The topological polar surface area (TPSA) is 104 Å². The summed E-state index contributed by atoms with van der Waals surface area (Å²) < 4.78 is 7.47. The minimum absolute atomic E-state index is 0.0844. The zero-order valence-corrected chi connectivity index (χ0v) is 16.3. The molecule has 0 saturated heterocycles. The Morgan fingerprint density at radius 3 is 2.74 bits per heavy atom. The largest absolute Gasteiger partial charge is 0.468 e. The lowest BCUT2D eigenvalue weighted by molar-refractivity contribution is -0.384. The molecule has 10 heteroatoms. The van der Waals surface area contributed by atoms with Crippen LogP contribution < -0.4 is 4.80 Å². The predicted octanol–water partition coefficient (Wildman–Crippen LogP) is 3.29. The fourth-order valence-corrected chi connectivity index (χ4v) is 3.84. The number of amides is 1. The Morgan fingerprint density at radius 1 is 1.30 bits per heavy atom. The Bertz CT molecular complexity index is 1140. The number of hydrogen-bond donors (Lipinski definition) is 0. The first kappa shape index (κ1) is 18.9. The van der Waals surface area contributed by atoms with E-state index in [1.807, 2.05) is 0 Å². The van der Waals surface area contributed by atoms with Gasteiger partial charge in [0, 0.05) is 22.2 Å². The van der Waals surface area contributed by atoms with Gasteiger partial charge in [-0.3, -0.25) is 19.7 Å². The summed E-state index contributed by atoms with van der Waals surface area (Å²) in [4.78, 5) is 39.1. The lowest BCUT2D eigenvalue weighted by Crippen LogP contribution is -2.22. The number of halogens is 1. The monoisotopic (exact) mass is 449 g/mol. The SMILES string of the molecule is COC(=O)Cn1c(=NC(=O)c2cccc(Br)c2)sc2cc([N+](=O)[O-])ccc21. The molecule has 1 amide bonds. The lowest BCUT2D eigenvalue weighted by Gasteiger charge is -2.03. The van der Waals surface area contributed by atoms with Gasteiger partial charge in [-0.05, 0) is 24.3 Å². The molecule has 0 bridgehead atoms. The van der Waals surface area contributed by atoms with Crippen LogP contribution in [0.25, 0.3) is 10.2 Å². The summed E-state index contributed by atoms with van der Waals surface area (Å²) in [6.07, 6.45) is 0. The van der Waals surface area contributed by atoms with Crippen LogP contribution in [0, 0.1) is 10.1 Å². The van der Waals surface area contributed by atoms with Gasteiger partial charge in [-0.15, -0.1) is 0 Å². The molecule has 0 aliphatic rings. The van der Waals surface area contributed by atoms with Gasteiger partial charge >= 0.3 is 5.97 Å². The van der Waals surface area contributed by atoms with E-state index in [-0.39, 0.29) is 17.0 Å². The van der Waals surface area contributed by atoms with Crippen molar-refractivity contribution < 1.29 is 19.2 Å². The van der Waals surface area contributed by atoms with Crippen LogP contribution in [0.4, 0.5) is 5.69 Å². The van der Waals surface area contributed by atoms with Crippen LogP contribution in [0.5, 0.6) is 0 Å². The zero-order valence-electron chi connectivity index (χ0n) is 13.9. The van der Waals surface area contributed by atoms with Crippen molar-refractivity contribution in [3.05, 3.63) is 67.4 Å². The van der Waals surface area contributed by atoms with E-state index >= 15 is 0 Å². The molecular formula is C17H12BrN3O5S. The molecule has 138 valence electrons. The molecule has 0 spiro atoms. The molecular weight excluding hydrogens is 438 g/mol. The van der Waals surface area contributed by atoms with Crippen molar-refractivity contribution in [2.75, 3.05) is 7.11 Å². The number of nitrogens with zero attached hydrogens (tertiary/aromatic N) is 3. The maximum absolute atomic E-state index is 12.5. The van der Waals surface area contributed by atoms with Crippen molar-refractivity contribution in [2.24, 2.45) is 4.99 Å². The standard InChI is InChI=1S/C17H12BrN3O5S/c1-26-15(22)9-20-13-6-5-12(21(24)25)8-14(13)27-17(20)19-16(23)10-3-2-4-11(18)7-10/h2-8H,9H2,1H3. The third kappa shape index (κ3) is 4.12. The molecule has 0 unspecified atom stereocenters. The summed E-state index contributed by atoms with van der Waals surface area (Å²) in [5.74, 6) is -1.01. The molecule has 3 rings (SSSR count). The molecule has 8 nitrogen and oxygen atoms in total. The zero-order chi connectivity index (χ0) is 19.6. The fraction of sp³-hybridized carbons (Fsp3) is 0.118. The minimum Gasteiger partial charge on any atom is -0.468 e. The van der Waals surface area contributed by atoms with E-state index in [2.05, 4.69) is 20.9 Å². The van der Waals surface area contributed by atoms with E-state index in [9.17, 15) is 19.7 Å². The minimum atomic E-state index is -0.524. The van der Waals surface area contributed by atoms with Gasteiger partial charge in [-0.2, -0.15) is 4.99 Å². The average Bonchev–Trinajstić information content (AvgIpc) is 2.97. The molecule has 0 saturated carbocycles. The van der Waals surface area contributed by atoms with Crippen molar-refractivity contribution in [3.8, 4) is 0 Å². The van der Waals surface area contributed by atoms with Gasteiger partial charge in [0.1, 0.15) is 6.54 Å². The Morgan fingerprint density at radius 2 is 2.07 bits per heavy atom. The Kier molecular flexibility index (Phi) is 5.47. The van der Waals surface area contributed by atoms with Crippen molar-refractivity contribution in [2.45, 2.75) is 6.54 Å². The molecule has 0 atom stereocenters. The first-order valence-corrected chi connectivity index (χ1v) is 9.19. The third-order valence-electron chi connectivity index (χ3n) is 3.66. The summed E-state index contributed by atoms with van der Waals surface area (Å²) >= 11 is 4.39. The van der Waals surface area contributed by atoms with Gasteiger partial charge in [0.15, 0.2) is 4.80 Å². The number of benzene rings is 2. The second kappa shape index (κ2) is 7.80. The van der Waals surface area contributed by atoms with Gasteiger partial charge in [-0.1, -0.05) is 33.3 Å². The number of fused-ring (bicyclic) bond motifs is 1. The second-order valence-electron chi connectivity index (χ2n) is 5.38. The number of hydrogen-bond acceptors (Lipinski definition) is 6. The molecule has 0 aliphatic carbocycles. The van der Waals surface area contributed by atoms with E-state index in [0.717, 1.165) is 15.8 Å². The molecule has 0 radical (unpaired) electrons. The molecule has 0 N–H and O–H groups in total. The summed E-state index contributed by atoms with van der Waals surface area (Å²) in [5, 5.41) is 11.0. The number of non-ortho nitro benzene ring substituents is 1. The highest BCUT2D eigenvalue weighted by Gasteiger charge is 2.15. The van der Waals surface area contributed by atoms with Gasteiger partial charge < -0.3 is 9.30 Å². The maximum Gasteiger partial charge on any atom is 0.325 e. The Hall–Kier alpha value is -2.85. The van der Waals surface area contributed by atoms with Crippen LogP contribution in [0.1, 0.15) is 10.4 Å². The number of nitro benzene ring substituents is 1. The number of ether oxygens (including phenoxy) is 1. The number of carbonyl (C=O) groups excluding carboxylic acids is 2. The van der Waals surface area contributed by atoms with Crippen molar-refractivity contribution >= 4 is 55.0 Å². The second-order valence-corrected chi connectivity index (χ2v) is 7.31. The van der Waals surface area contributed by atoms with Gasteiger partial charge in [0.05, 0.1) is 22.2 Å². The fourth-order valence-electron chi connectivity index (χ4n) is 2.38. The van der Waals surface area contributed by atoms with Crippen molar-refractivity contribution in [1.82, 2.24) is 4.57 Å². The number of carbonyl (C=O) groups is 2. The summed E-state index contributed by atoms with van der Waals surface area (Å²) in [6.45, 7) is -0.168. The first-order valence-electron chi connectivity index (χ1n) is 7.58. The highest BCUT2D eigenvalue weighted by Crippen LogP contribution is 2.23. The number of esters is 1. The van der Waals surface area contributed by atoms with E-state index in [1.54, 1.807) is 24.3 Å². The van der Waals surface area contributed by atoms with Crippen LogP contribution in [0.3, 0.4) is 0 Å². The summed E-state index contributed by atoms with van der Waals surface area (Å²) in [7, 11) is 1.26. The third-order valence-corrected chi connectivity index (χ3v) is 5.20. The van der Waals surface area contributed by atoms with E-state index in [1.165, 1.54) is 29.9 Å². The molecule has 0 fully saturated rings. The van der Waals surface area contributed by atoms with Gasteiger partial charge in [0.2, 0.25) is 0 Å². The van der Waals surface area contributed by atoms with E-state index < -0.39 is 16.8 Å². The summed E-state index contributed by atoms with van der Waals surface area (Å²) in [6, 6.07) is 11.0. The Balaban J connectivity index is 2.17. The van der Waals surface area contributed by atoms with E-state index in [4.69, 9.17) is 4.74 Å². The van der Waals surface area contributed by atoms with Crippen LogP contribution in [-0.2, 0) is 16.1 Å². The molecule has 27 heavy (non-hydrogen) atoms. The van der Waals surface area contributed by atoms with Crippen LogP contribution >= 0.6 is 27.3 Å². The van der Waals surface area contributed by atoms with E-state index in [0.29, 0.717) is 15.8 Å². The first-order chi connectivity index (χ1) is 12.9. The van der Waals surface area contributed by atoms with Crippen LogP contribution in [-0.4, -0.2) is 28.5 Å². The summed E-state index contributed by atoms with van der Waals surface area (Å²) in [5.41, 5.74) is 0.841. The average molecular weight is 450 g/mol. The normalized spacial score (nSPS) is 11.6. The quantitative estimate of drug-likeness (QED) is 0.345. The number of thiazole rings is 1. The lowest BCUT2D eigenvalue weighted by atomic mass is 10.2. The van der Waals surface area contributed by atoms with Crippen LogP contribution in [0.2, 0.25) is 0 Å². The number of nitro groups is 1. The predicted molar refractivity (Wildman–Crippen MR) is 103 cm³/mol.